The number of hydrogen-bond donors (Lipinski definition) is 0. The van der Waals surface area contributed by atoms with Crippen LogP contribution in [-0.4, -0.2) is 11.2 Å². The van der Waals surface area contributed by atoms with Crippen molar-refractivity contribution >= 4 is 44.2 Å². The summed E-state index contributed by atoms with van der Waals surface area (Å²) in [7, 11) is 0. The molecule has 0 saturated heterocycles. The van der Waals surface area contributed by atoms with E-state index >= 15 is 0 Å². The summed E-state index contributed by atoms with van der Waals surface area (Å²) in [6.45, 7) is 10.9. The Balaban J connectivity index is 0.000000322. The Morgan fingerprint density at radius 2 is 1.57 bits per heavy atom. The highest BCUT2D eigenvalue weighted by Gasteiger charge is 2.23. The van der Waals surface area contributed by atoms with Gasteiger partial charge in [-0.05, 0) is 67.4 Å². The first kappa shape index (κ1) is 19.7. The Morgan fingerprint density at radius 1 is 1.00 bits per heavy atom. The van der Waals surface area contributed by atoms with Crippen molar-refractivity contribution in [2.24, 2.45) is 10.8 Å². The molecule has 0 N–H and O–H groups in total. The highest BCUT2D eigenvalue weighted by atomic mass is 35.5. The van der Waals surface area contributed by atoms with Crippen LogP contribution in [0.15, 0.2) is 29.6 Å². The number of halogens is 1. The lowest BCUT2D eigenvalue weighted by Gasteiger charge is -2.16. The van der Waals surface area contributed by atoms with Crippen molar-refractivity contribution < 1.29 is 14.3 Å². The normalized spacial score (nSPS) is 11.6. The lowest BCUT2D eigenvalue weighted by Crippen LogP contribution is -2.25. The number of rotatable bonds is 1. The number of benzene rings is 1. The van der Waals surface area contributed by atoms with E-state index in [2.05, 4.69) is 6.07 Å². The smallest absolute Gasteiger partial charge is 0.316 e. The van der Waals surface area contributed by atoms with Crippen molar-refractivity contribution in [3.8, 4) is 5.75 Å². The Bertz CT molecular complexity index is 690. The van der Waals surface area contributed by atoms with Crippen LogP contribution >= 0.6 is 22.9 Å². The predicted molar refractivity (Wildman–Crippen MR) is 97.2 cm³/mol. The van der Waals surface area contributed by atoms with Gasteiger partial charge in [0.2, 0.25) is 5.24 Å². The van der Waals surface area contributed by atoms with Crippen molar-refractivity contribution in [1.82, 2.24) is 0 Å². The zero-order valence-electron chi connectivity index (χ0n) is 14.4. The molecule has 0 radical (unpaired) electrons. The molecule has 1 heterocycles. The Labute approximate surface area is 146 Å². The van der Waals surface area contributed by atoms with Gasteiger partial charge in [0.1, 0.15) is 5.75 Å². The van der Waals surface area contributed by atoms with E-state index in [9.17, 15) is 9.59 Å². The zero-order valence-corrected chi connectivity index (χ0v) is 16.0. The number of fused-ring (bicyclic) bond motifs is 1. The molecule has 0 aliphatic heterocycles. The summed E-state index contributed by atoms with van der Waals surface area (Å²) in [5, 5.41) is 2.92. The number of esters is 1. The van der Waals surface area contributed by atoms with Crippen molar-refractivity contribution in [1.29, 1.82) is 0 Å². The SMILES string of the molecule is CC(C)(C)C(=O)Cl.CC(C)(C)C(=O)Oc1ccc2ccsc2c1. The van der Waals surface area contributed by atoms with Gasteiger partial charge in [-0.3, -0.25) is 9.59 Å². The summed E-state index contributed by atoms with van der Waals surface area (Å²) in [5.41, 5.74) is -0.841. The molecule has 0 amide bonds. The first-order valence-electron chi connectivity index (χ1n) is 7.31. The van der Waals surface area contributed by atoms with Crippen molar-refractivity contribution in [2.75, 3.05) is 0 Å². The van der Waals surface area contributed by atoms with Gasteiger partial charge in [0.15, 0.2) is 0 Å². The van der Waals surface area contributed by atoms with Crippen LogP contribution in [0, 0.1) is 10.8 Å². The van der Waals surface area contributed by atoms with Gasteiger partial charge in [0, 0.05) is 10.1 Å². The largest absolute Gasteiger partial charge is 0.426 e. The van der Waals surface area contributed by atoms with E-state index in [0.29, 0.717) is 5.75 Å². The highest BCUT2D eigenvalue weighted by molar-refractivity contribution is 7.17. The first-order valence-corrected chi connectivity index (χ1v) is 8.56. The molecule has 1 aromatic carbocycles. The van der Waals surface area contributed by atoms with Crippen LogP contribution in [0.3, 0.4) is 0 Å². The number of carbonyl (C=O) groups is 2. The average molecular weight is 355 g/mol. The van der Waals surface area contributed by atoms with Crippen LogP contribution in [0.4, 0.5) is 0 Å². The summed E-state index contributed by atoms with van der Waals surface area (Å²) in [6.07, 6.45) is 0. The molecule has 2 rings (SSSR count). The Morgan fingerprint density at radius 3 is 2.04 bits per heavy atom. The minimum absolute atomic E-state index is 0.205. The predicted octanol–water partition coefficient (Wildman–Crippen LogP) is 5.65. The molecule has 23 heavy (non-hydrogen) atoms. The van der Waals surface area contributed by atoms with Crippen LogP contribution in [0.5, 0.6) is 5.75 Å². The maximum absolute atomic E-state index is 11.7. The fourth-order valence-electron chi connectivity index (χ4n) is 1.26. The molecular formula is C18H23ClO3S. The lowest BCUT2D eigenvalue weighted by atomic mass is 9.97. The Hall–Kier alpha value is -1.39. The maximum atomic E-state index is 11.7. The van der Waals surface area contributed by atoms with Crippen molar-refractivity contribution in [3.63, 3.8) is 0 Å². The molecule has 126 valence electrons. The fraction of sp³-hybridized carbons (Fsp3) is 0.444. The zero-order chi connectivity index (χ0) is 17.8. The van der Waals surface area contributed by atoms with E-state index in [4.69, 9.17) is 16.3 Å². The summed E-state index contributed by atoms with van der Waals surface area (Å²) < 4.78 is 6.46. The second-order valence-corrected chi connectivity index (χ2v) is 8.57. The monoisotopic (exact) mass is 354 g/mol. The van der Waals surface area contributed by atoms with Crippen LogP contribution in [0.25, 0.3) is 10.1 Å². The third kappa shape index (κ3) is 6.32. The number of ether oxygens (including phenoxy) is 1. The van der Waals surface area contributed by atoms with Gasteiger partial charge < -0.3 is 4.74 Å². The van der Waals surface area contributed by atoms with E-state index in [1.807, 2.05) is 44.4 Å². The topological polar surface area (TPSA) is 43.4 Å². The van der Waals surface area contributed by atoms with E-state index in [-0.39, 0.29) is 16.6 Å². The van der Waals surface area contributed by atoms with Crippen LogP contribution in [0.2, 0.25) is 0 Å². The van der Waals surface area contributed by atoms with Gasteiger partial charge in [-0.15, -0.1) is 11.3 Å². The van der Waals surface area contributed by atoms with Crippen molar-refractivity contribution in [2.45, 2.75) is 41.5 Å². The fourth-order valence-corrected chi connectivity index (χ4v) is 2.08. The Kier molecular flexibility index (Phi) is 6.37. The molecule has 0 spiro atoms. The standard InChI is InChI=1S/C13H14O2S.C5H9ClO/c1-13(2,3)12(14)15-10-5-4-9-6-7-16-11(9)8-10;1-5(2,3)4(6)7/h4-8H,1-3H3;1-3H3. The highest BCUT2D eigenvalue weighted by Crippen LogP contribution is 2.27. The minimum Gasteiger partial charge on any atom is -0.426 e. The molecular weight excluding hydrogens is 332 g/mol. The number of thiophene rings is 1. The van der Waals surface area contributed by atoms with Gasteiger partial charge in [-0.2, -0.15) is 0 Å². The quantitative estimate of drug-likeness (QED) is 0.377. The molecule has 0 aliphatic rings. The summed E-state index contributed by atoms with van der Waals surface area (Å²) >= 11 is 6.76. The van der Waals surface area contributed by atoms with Crippen LogP contribution in [-0.2, 0) is 9.59 Å². The molecule has 0 unspecified atom stereocenters. The van der Waals surface area contributed by atoms with E-state index < -0.39 is 5.41 Å². The molecule has 2 aromatic rings. The summed E-state index contributed by atoms with van der Waals surface area (Å²) in [4.78, 5) is 21.9. The third-order valence-corrected chi connectivity index (χ3v) is 4.29. The maximum Gasteiger partial charge on any atom is 0.316 e. The molecule has 5 heteroatoms. The van der Waals surface area contributed by atoms with Gasteiger partial charge in [-0.1, -0.05) is 20.8 Å². The van der Waals surface area contributed by atoms with Crippen LogP contribution < -0.4 is 4.74 Å². The molecule has 0 saturated carbocycles. The third-order valence-electron chi connectivity index (χ3n) is 2.84. The molecule has 0 aliphatic carbocycles. The molecule has 0 fully saturated rings. The van der Waals surface area contributed by atoms with Gasteiger partial charge in [-0.25, -0.2) is 0 Å². The van der Waals surface area contributed by atoms with Gasteiger partial charge in [0.25, 0.3) is 0 Å². The molecule has 3 nitrogen and oxygen atoms in total. The van der Waals surface area contributed by atoms with Crippen molar-refractivity contribution in [3.05, 3.63) is 29.6 Å². The van der Waals surface area contributed by atoms with Gasteiger partial charge >= 0.3 is 5.97 Å². The summed E-state index contributed by atoms with van der Waals surface area (Å²) in [6, 6.07) is 7.76. The van der Waals surface area contributed by atoms with Crippen LogP contribution in [0.1, 0.15) is 41.5 Å². The minimum atomic E-state index is -0.468. The molecule has 0 bridgehead atoms. The van der Waals surface area contributed by atoms with Gasteiger partial charge in [0.05, 0.1) is 5.41 Å². The molecule has 1 aromatic heterocycles. The number of carbonyl (C=O) groups excluding carboxylic acids is 2. The molecule has 0 atom stereocenters. The van der Waals surface area contributed by atoms with E-state index in [1.54, 1.807) is 32.1 Å². The first-order chi connectivity index (χ1) is 10.4. The average Bonchev–Trinajstić information content (AvgIpc) is 2.84. The van der Waals surface area contributed by atoms with E-state index in [1.165, 1.54) is 5.39 Å². The lowest BCUT2D eigenvalue weighted by molar-refractivity contribution is -0.143. The van der Waals surface area contributed by atoms with E-state index in [0.717, 1.165) is 4.70 Å². The number of hydrogen-bond acceptors (Lipinski definition) is 4. The summed E-state index contributed by atoms with van der Waals surface area (Å²) in [5.74, 6) is 0.415. The second kappa shape index (κ2) is 7.45. The second-order valence-electron chi connectivity index (χ2n) is 7.28.